The highest BCUT2D eigenvalue weighted by atomic mass is 16.3. The van der Waals surface area contributed by atoms with Gasteiger partial charge in [-0.1, -0.05) is 31.2 Å². The molecule has 0 unspecified atom stereocenters. The van der Waals surface area contributed by atoms with Gasteiger partial charge in [0, 0.05) is 0 Å². The number of phenols is 1. The highest BCUT2D eigenvalue weighted by Gasteiger charge is 2.10. The van der Waals surface area contributed by atoms with Gasteiger partial charge in [0.15, 0.2) is 0 Å². The molecule has 0 saturated carbocycles. The average Bonchev–Trinajstić information content (AvgIpc) is 2.82. The van der Waals surface area contributed by atoms with Crippen molar-refractivity contribution in [2.75, 3.05) is 0 Å². The summed E-state index contributed by atoms with van der Waals surface area (Å²) in [5.41, 5.74) is 3.15. The van der Waals surface area contributed by atoms with Crippen LogP contribution in [-0.4, -0.2) is 20.1 Å². The molecule has 0 saturated heterocycles. The molecule has 4 nitrogen and oxygen atoms in total. The van der Waals surface area contributed by atoms with E-state index in [4.69, 9.17) is 0 Å². The number of hydrogen-bond donors (Lipinski definition) is 1. The third-order valence-corrected chi connectivity index (χ3v) is 2.98. The van der Waals surface area contributed by atoms with Gasteiger partial charge in [-0.3, -0.25) is 0 Å². The summed E-state index contributed by atoms with van der Waals surface area (Å²) in [4.78, 5) is 1.49. The molecule has 1 aromatic heterocycles. The zero-order chi connectivity index (χ0) is 12.5. The molecule has 90 valence electrons. The standard InChI is InChI=1S/C14H13N3O/c1-2-10-6-5-9-13(14(10)18)17-15-11-7-3-4-8-12(11)16-17/h3-9,18H,2H2,1H3. The molecular weight excluding hydrogens is 226 g/mol. The minimum absolute atomic E-state index is 0.250. The lowest BCUT2D eigenvalue weighted by Gasteiger charge is -2.06. The van der Waals surface area contributed by atoms with Crippen LogP contribution < -0.4 is 0 Å². The lowest BCUT2D eigenvalue weighted by Crippen LogP contribution is -2.00. The predicted molar refractivity (Wildman–Crippen MR) is 69.9 cm³/mol. The summed E-state index contributed by atoms with van der Waals surface area (Å²) < 4.78 is 0. The van der Waals surface area contributed by atoms with Crippen molar-refractivity contribution in [2.24, 2.45) is 0 Å². The molecule has 0 atom stereocenters. The van der Waals surface area contributed by atoms with Crippen molar-refractivity contribution in [1.82, 2.24) is 15.0 Å². The number of aryl methyl sites for hydroxylation is 1. The number of rotatable bonds is 2. The third kappa shape index (κ3) is 1.62. The maximum atomic E-state index is 10.2. The van der Waals surface area contributed by atoms with Crippen molar-refractivity contribution in [2.45, 2.75) is 13.3 Å². The van der Waals surface area contributed by atoms with Gasteiger partial charge >= 0.3 is 0 Å². The van der Waals surface area contributed by atoms with Gasteiger partial charge in [-0.25, -0.2) is 0 Å². The first kappa shape index (κ1) is 10.8. The molecule has 0 amide bonds. The van der Waals surface area contributed by atoms with Gasteiger partial charge in [0.05, 0.1) is 0 Å². The Bertz CT molecular complexity index is 670. The molecular formula is C14H13N3O. The van der Waals surface area contributed by atoms with E-state index in [0.29, 0.717) is 5.69 Å². The van der Waals surface area contributed by atoms with Crippen LogP contribution in [0.1, 0.15) is 12.5 Å². The Morgan fingerprint density at radius 2 is 1.67 bits per heavy atom. The molecule has 0 spiro atoms. The van der Waals surface area contributed by atoms with Gasteiger partial charge in [-0.05, 0) is 30.2 Å². The fourth-order valence-corrected chi connectivity index (χ4v) is 1.99. The van der Waals surface area contributed by atoms with E-state index >= 15 is 0 Å². The zero-order valence-corrected chi connectivity index (χ0v) is 10.0. The summed E-state index contributed by atoms with van der Waals surface area (Å²) in [6.07, 6.45) is 0.778. The first-order valence-corrected chi connectivity index (χ1v) is 5.93. The Balaban J connectivity index is 2.20. The molecule has 0 aliphatic rings. The number of phenolic OH excluding ortho intramolecular Hbond substituents is 1. The molecule has 0 aliphatic heterocycles. The van der Waals surface area contributed by atoms with E-state index < -0.39 is 0 Å². The maximum absolute atomic E-state index is 10.2. The molecule has 0 aliphatic carbocycles. The van der Waals surface area contributed by atoms with E-state index in [1.54, 1.807) is 0 Å². The van der Waals surface area contributed by atoms with Crippen LogP contribution >= 0.6 is 0 Å². The minimum atomic E-state index is 0.250. The maximum Gasteiger partial charge on any atom is 0.146 e. The van der Waals surface area contributed by atoms with Crippen molar-refractivity contribution in [3.05, 3.63) is 48.0 Å². The summed E-state index contributed by atoms with van der Waals surface area (Å²) in [6.45, 7) is 2.01. The Morgan fingerprint density at radius 1 is 1.00 bits per heavy atom. The van der Waals surface area contributed by atoms with Crippen molar-refractivity contribution < 1.29 is 5.11 Å². The van der Waals surface area contributed by atoms with Crippen LogP contribution in [0.25, 0.3) is 16.7 Å². The van der Waals surface area contributed by atoms with Gasteiger partial charge < -0.3 is 5.11 Å². The topological polar surface area (TPSA) is 50.9 Å². The lowest BCUT2D eigenvalue weighted by molar-refractivity contribution is 0.461. The first-order chi connectivity index (χ1) is 8.79. The molecule has 1 N–H and O–H groups in total. The van der Waals surface area contributed by atoms with Crippen LogP contribution in [0.2, 0.25) is 0 Å². The quantitative estimate of drug-likeness (QED) is 0.748. The summed E-state index contributed by atoms with van der Waals surface area (Å²) in [7, 11) is 0. The van der Waals surface area contributed by atoms with Gasteiger partial charge in [0.25, 0.3) is 0 Å². The van der Waals surface area contributed by atoms with Gasteiger partial charge in [0.1, 0.15) is 22.5 Å². The van der Waals surface area contributed by atoms with Crippen LogP contribution in [0.4, 0.5) is 0 Å². The highest BCUT2D eigenvalue weighted by Crippen LogP contribution is 2.26. The monoisotopic (exact) mass is 239 g/mol. The second-order valence-electron chi connectivity index (χ2n) is 4.12. The van der Waals surface area contributed by atoms with E-state index in [1.165, 1.54) is 4.80 Å². The largest absolute Gasteiger partial charge is 0.505 e. The Kier molecular flexibility index (Phi) is 2.48. The zero-order valence-electron chi connectivity index (χ0n) is 10.0. The highest BCUT2D eigenvalue weighted by molar-refractivity contribution is 5.73. The average molecular weight is 239 g/mol. The number of para-hydroxylation sites is 1. The van der Waals surface area contributed by atoms with Crippen LogP contribution in [0.5, 0.6) is 5.75 Å². The predicted octanol–water partition coefficient (Wildman–Crippen LogP) is 2.69. The van der Waals surface area contributed by atoms with Crippen LogP contribution in [0, 0.1) is 0 Å². The first-order valence-electron chi connectivity index (χ1n) is 5.93. The smallest absolute Gasteiger partial charge is 0.146 e. The van der Waals surface area contributed by atoms with Gasteiger partial charge in [0.2, 0.25) is 0 Å². The Hall–Kier alpha value is -2.36. The fraction of sp³-hybridized carbons (Fsp3) is 0.143. The summed E-state index contributed by atoms with van der Waals surface area (Å²) >= 11 is 0. The second-order valence-corrected chi connectivity index (χ2v) is 4.12. The third-order valence-electron chi connectivity index (χ3n) is 2.98. The molecule has 3 rings (SSSR count). The summed E-state index contributed by atoms with van der Waals surface area (Å²) in [5, 5.41) is 18.9. The lowest BCUT2D eigenvalue weighted by atomic mass is 10.1. The van der Waals surface area contributed by atoms with E-state index in [1.807, 2.05) is 49.4 Å². The number of fused-ring (bicyclic) bond motifs is 1. The number of benzene rings is 2. The second kappa shape index (κ2) is 4.14. The van der Waals surface area contributed by atoms with Crippen LogP contribution in [-0.2, 0) is 6.42 Å². The number of aromatic hydroxyl groups is 1. The number of nitrogens with zero attached hydrogens (tertiary/aromatic N) is 3. The van der Waals surface area contributed by atoms with Crippen molar-refractivity contribution >= 4 is 11.0 Å². The van der Waals surface area contributed by atoms with E-state index in [0.717, 1.165) is 23.0 Å². The van der Waals surface area contributed by atoms with E-state index in [9.17, 15) is 5.11 Å². The summed E-state index contributed by atoms with van der Waals surface area (Å²) in [5.74, 6) is 0.250. The number of hydrogen-bond acceptors (Lipinski definition) is 3. The fourth-order valence-electron chi connectivity index (χ4n) is 1.99. The molecule has 18 heavy (non-hydrogen) atoms. The van der Waals surface area contributed by atoms with Crippen LogP contribution in [0.3, 0.4) is 0 Å². The van der Waals surface area contributed by atoms with Crippen LogP contribution in [0.15, 0.2) is 42.5 Å². The Morgan fingerprint density at radius 3 is 2.28 bits per heavy atom. The van der Waals surface area contributed by atoms with Gasteiger partial charge in [-0.15, -0.1) is 15.0 Å². The molecule has 3 aromatic rings. The van der Waals surface area contributed by atoms with Crippen molar-refractivity contribution in [3.8, 4) is 11.4 Å². The van der Waals surface area contributed by atoms with E-state index in [2.05, 4.69) is 10.2 Å². The van der Waals surface area contributed by atoms with Gasteiger partial charge in [-0.2, -0.15) is 0 Å². The van der Waals surface area contributed by atoms with Crippen molar-refractivity contribution in [1.29, 1.82) is 0 Å². The molecule has 0 bridgehead atoms. The molecule has 0 fully saturated rings. The Labute approximate surface area is 104 Å². The SMILES string of the molecule is CCc1cccc(-n2nc3ccccc3n2)c1O. The van der Waals surface area contributed by atoms with Crippen molar-refractivity contribution in [3.63, 3.8) is 0 Å². The molecule has 0 radical (unpaired) electrons. The summed E-state index contributed by atoms with van der Waals surface area (Å²) in [6, 6.07) is 13.3. The number of aromatic nitrogens is 3. The van der Waals surface area contributed by atoms with E-state index in [-0.39, 0.29) is 5.75 Å². The molecule has 2 aromatic carbocycles. The normalized spacial score (nSPS) is 10.9. The molecule has 4 heteroatoms. The minimum Gasteiger partial charge on any atom is -0.505 e. The molecule has 1 heterocycles.